The predicted molar refractivity (Wildman–Crippen MR) is 115 cm³/mol. The van der Waals surface area contributed by atoms with Gasteiger partial charge in [-0.15, -0.1) is 0 Å². The van der Waals surface area contributed by atoms with Crippen molar-refractivity contribution >= 4 is 39.3 Å². The Morgan fingerprint density at radius 3 is 2.27 bits per heavy atom. The molecule has 4 nitrogen and oxygen atoms in total. The van der Waals surface area contributed by atoms with Crippen LogP contribution in [-0.2, 0) is 0 Å². The lowest BCUT2D eigenvalue weighted by Crippen LogP contribution is -2.26. The van der Waals surface area contributed by atoms with Gasteiger partial charge in [-0.05, 0) is 72.5 Å². The van der Waals surface area contributed by atoms with Gasteiger partial charge in [-0.3, -0.25) is 0 Å². The average molecular weight is 467 g/mol. The monoisotopic (exact) mass is 467 g/mol. The number of halogens is 1. The topological polar surface area (TPSA) is 51.0 Å². The first-order valence-electron chi connectivity index (χ1n) is 10.5. The first kappa shape index (κ1) is 18.5. The van der Waals surface area contributed by atoms with E-state index in [1.807, 2.05) is 0 Å². The van der Waals surface area contributed by atoms with Crippen molar-refractivity contribution in [3.8, 4) is 0 Å². The average Bonchev–Trinajstić information content (AvgIpc) is 3.16. The highest BCUT2D eigenvalue weighted by molar-refractivity contribution is 14.1. The van der Waals surface area contributed by atoms with Gasteiger partial charge in [-0.1, -0.05) is 61.1 Å². The third-order valence-electron chi connectivity index (χ3n) is 6.23. The second-order valence-corrected chi connectivity index (χ2v) is 9.95. The minimum absolute atomic E-state index is 0.552. The fraction of sp³-hybridized carbons (Fsp3) is 0.714. The Morgan fingerprint density at radius 2 is 1.54 bits per heavy atom. The van der Waals surface area contributed by atoms with Crippen LogP contribution in [0.25, 0.3) is 11.0 Å². The van der Waals surface area contributed by atoms with Crippen LogP contribution in [0, 0.1) is 0 Å². The van der Waals surface area contributed by atoms with Crippen molar-refractivity contribution in [1.82, 2.24) is 10.3 Å². The minimum Gasteiger partial charge on any atom is -0.380 e. The Kier molecular flexibility index (Phi) is 6.33. The molecule has 1 aromatic heterocycles. The van der Waals surface area contributed by atoms with Gasteiger partial charge in [0.15, 0.2) is 5.52 Å². The van der Waals surface area contributed by atoms with Crippen molar-refractivity contribution in [3.05, 3.63) is 17.7 Å². The first-order valence-corrected chi connectivity index (χ1v) is 11.7. The highest BCUT2D eigenvalue weighted by Crippen LogP contribution is 2.35. The van der Waals surface area contributed by atoms with Crippen molar-refractivity contribution < 1.29 is 4.63 Å². The fourth-order valence-electron chi connectivity index (χ4n) is 4.64. The zero-order valence-electron chi connectivity index (χ0n) is 15.6. The van der Waals surface area contributed by atoms with Crippen molar-refractivity contribution in [3.63, 3.8) is 0 Å². The number of hydrogen-bond acceptors (Lipinski definition) is 4. The Hall–Kier alpha value is -0.850. The molecule has 2 aliphatic carbocycles. The van der Waals surface area contributed by atoms with Gasteiger partial charge in [0.2, 0.25) is 0 Å². The van der Waals surface area contributed by atoms with E-state index in [4.69, 9.17) is 4.63 Å². The number of anilines is 1. The van der Waals surface area contributed by atoms with Gasteiger partial charge in [0.1, 0.15) is 5.52 Å². The largest absolute Gasteiger partial charge is 0.380 e. The Labute approximate surface area is 170 Å². The molecule has 26 heavy (non-hydrogen) atoms. The van der Waals surface area contributed by atoms with Crippen LogP contribution in [0.3, 0.4) is 0 Å². The molecule has 2 aliphatic rings. The molecule has 1 N–H and O–H groups in total. The van der Waals surface area contributed by atoms with Crippen LogP contribution in [0.15, 0.2) is 16.8 Å². The molecule has 1 heterocycles. The maximum atomic E-state index is 5.08. The molecular weight excluding hydrogens is 437 g/mol. The van der Waals surface area contributed by atoms with Crippen LogP contribution in [0.2, 0.25) is 0 Å². The Bertz CT molecular complexity index is 698. The molecule has 4 rings (SSSR count). The summed E-state index contributed by atoms with van der Waals surface area (Å²) in [6, 6.07) is 5.13. The van der Waals surface area contributed by atoms with Gasteiger partial charge in [-0.25, -0.2) is 4.63 Å². The van der Waals surface area contributed by atoms with Crippen LogP contribution in [0.1, 0.15) is 88.5 Å². The summed E-state index contributed by atoms with van der Waals surface area (Å²) in [6.07, 6.45) is 16.0. The molecule has 0 radical (unpaired) electrons. The summed E-state index contributed by atoms with van der Waals surface area (Å²) in [6.45, 7) is 0. The van der Waals surface area contributed by atoms with Crippen LogP contribution in [-0.4, -0.2) is 20.3 Å². The van der Waals surface area contributed by atoms with Crippen LogP contribution >= 0.6 is 22.6 Å². The van der Waals surface area contributed by atoms with E-state index in [-0.39, 0.29) is 0 Å². The minimum atomic E-state index is 0.552. The van der Waals surface area contributed by atoms with Gasteiger partial charge in [0, 0.05) is 9.97 Å². The number of fused-ring (bicyclic) bond motifs is 1. The zero-order valence-corrected chi connectivity index (χ0v) is 17.7. The van der Waals surface area contributed by atoms with E-state index in [1.54, 1.807) is 0 Å². The van der Waals surface area contributed by atoms with E-state index in [0.717, 1.165) is 20.6 Å². The maximum Gasteiger partial charge on any atom is 0.158 e. The molecule has 2 aromatic rings. The van der Waals surface area contributed by atoms with Crippen LogP contribution < -0.4 is 5.32 Å². The number of nitrogens with zero attached hydrogens (tertiary/aromatic N) is 2. The number of nitrogens with one attached hydrogen (secondary N) is 1. The number of benzene rings is 1. The maximum absolute atomic E-state index is 5.08. The molecule has 1 aromatic carbocycles. The second-order valence-electron chi connectivity index (χ2n) is 8.19. The second kappa shape index (κ2) is 8.89. The third kappa shape index (κ3) is 4.52. The molecular formula is C21H30IN3O. The normalized spacial score (nSPS) is 26.2. The van der Waals surface area contributed by atoms with E-state index in [9.17, 15) is 0 Å². The number of alkyl halides is 1. The Balaban J connectivity index is 1.57. The smallest absolute Gasteiger partial charge is 0.158 e. The number of rotatable bonds is 3. The summed E-state index contributed by atoms with van der Waals surface area (Å²) in [5.41, 5.74) is 4.37. The summed E-state index contributed by atoms with van der Waals surface area (Å²) in [4.78, 5) is 0. The van der Waals surface area contributed by atoms with Crippen LogP contribution in [0.4, 0.5) is 5.69 Å². The lowest BCUT2D eigenvalue weighted by molar-refractivity contribution is 0.315. The molecule has 2 saturated carbocycles. The lowest BCUT2D eigenvalue weighted by Gasteiger charge is -2.27. The zero-order chi connectivity index (χ0) is 17.8. The van der Waals surface area contributed by atoms with Gasteiger partial charge in [0.05, 0.1) is 5.69 Å². The molecule has 5 heteroatoms. The molecule has 0 spiro atoms. The van der Waals surface area contributed by atoms with E-state index >= 15 is 0 Å². The van der Waals surface area contributed by atoms with E-state index < -0.39 is 0 Å². The number of aromatic nitrogens is 2. The summed E-state index contributed by atoms with van der Waals surface area (Å²) < 4.78 is 5.92. The van der Waals surface area contributed by atoms with Crippen molar-refractivity contribution in [1.29, 1.82) is 0 Å². The predicted octanol–water partition coefficient (Wildman–Crippen LogP) is 6.60. The highest BCUT2D eigenvalue weighted by atomic mass is 127. The lowest BCUT2D eigenvalue weighted by atomic mass is 9.88. The summed E-state index contributed by atoms with van der Waals surface area (Å²) in [5.74, 6) is 0.653. The van der Waals surface area contributed by atoms with Gasteiger partial charge < -0.3 is 5.32 Å². The van der Waals surface area contributed by atoms with Crippen molar-refractivity contribution in [2.45, 2.75) is 92.9 Å². The SMILES string of the molecule is I[C@H]1CC[C@@H](Nc2cc(C3CCCCCCCC3)cc3nonc23)CC1. The van der Waals surface area contributed by atoms with Crippen LogP contribution in [0.5, 0.6) is 0 Å². The van der Waals surface area contributed by atoms with Crippen molar-refractivity contribution in [2.75, 3.05) is 5.32 Å². The van der Waals surface area contributed by atoms with Crippen molar-refractivity contribution in [2.24, 2.45) is 0 Å². The standard InChI is InChI=1S/C21H30IN3O/c22-17-9-11-18(12-10-17)23-19-13-16(14-20-21(19)25-26-24-20)15-7-5-3-1-2-4-6-8-15/h13-15,17-18,23H,1-12H2/t17-,18+. The molecule has 0 saturated heterocycles. The van der Waals surface area contributed by atoms with E-state index in [2.05, 4.69) is 50.4 Å². The molecule has 2 fully saturated rings. The quantitative estimate of drug-likeness (QED) is 0.408. The highest BCUT2D eigenvalue weighted by Gasteiger charge is 2.22. The molecule has 0 aliphatic heterocycles. The van der Waals surface area contributed by atoms with E-state index in [0.29, 0.717) is 12.0 Å². The first-order chi connectivity index (χ1) is 12.8. The van der Waals surface area contributed by atoms with Gasteiger partial charge >= 0.3 is 0 Å². The summed E-state index contributed by atoms with van der Waals surface area (Å²) in [7, 11) is 0. The molecule has 142 valence electrons. The molecule has 0 atom stereocenters. The molecule has 0 amide bonds. The van der Waals surface area contributed by atoms with Gasteiger partial charge in [0.25, 0.3) is 0 Å². The summed E-state index contributed by atoms with van der Waals surface area (Å²) >= 11 is 2.59. The fourth-order valence-corrected chi connectivity index (χ4v) is 5.36. The van der Waals surface area contributed by atoms with Gasteiger partial charge in [-0.2, -0.15) is 0 Å². The molecule has 0 unspecified atom stereocenters. The Morgan fingerprint density at radius 1 is 0.846 bits per heavy atom. The van der Waals surface area contributed by atoms with E-state index in [1.165, 1.54) is 82.6 Å². The number of hydrogen-bond donors (Lipinski definition) is 1. The third-order valence-corrected chi connectivity index (χ3v) is 7.47. The summed E-state index contributed by atoms with van der Waals surface area (Å²) in [5, 5.41) is 12.1. The molecule has 0 bridgehead atoms.